The number of benzene rings is 3. The molecule has 0 saturated heterocycles. The van der Waals surface area contributed by atoms with Crippen molar-refractivity contribution in [1.82, 2.24) is 10.2 Å². The summed E-state index contributed by atoms with van der Waals surface area (Å²) < 4.78 is 26.7. The van der Waals surface area contributed by atoms with Crippen molar-refractivity contribution in [2.24, 2.45) is 0 Å². The van der Waals surface area contributed by atoms with Crippen molar-refractivity contribution in [3.8, 4) is 0 Å². The molecule has 1 atom stereocenters. The maximum Gasteiger partial charge on any atom is 0.244 e. The van der Waals surface area contributed by atoms with Gasteiger partial charge in [-0.2, -0.15) is 0 Å². The van der Waals surface area contributed by atoms with Gasteiger partial charge in [-0.15, -0.1) is 0 Å². The Balaban J connectivity index is 2.08. The second kappa shape index (κ2) is 13.3. The lowest BCUT2D eigenvalue weighted by Gasteiger charge is -2.35. The Labute approximate surface area is 251 Å². The molecular formula is C29H32Cl3N3O4S. The minimum Gasteiger partial charge on any atom is -0.350 e. The predicted molar refractivity (Wildman–Crippen MR) is 162 cm³/mol. The fraction of sp³-hybridized carbons (Fsp3) is 0.310. The van der Waals surface area contributed by atoms with E-state index in [0.717, 1.165) is 21.7 Å². The maximum atomic E-state index is 14.1. The van der Waals surface area contributed by atoms with Crippen molar-refractivity contribution in [3.05, 3.63) is 99.0 Å². The monoisotopic (exact) mass is 623 g/mol. The average Bonchev–Trinajstić information content (AvgIpc) is 2.84. The van der Waals surface area contributed by atoms with Crippen LogP contribution in [0, 0.1) is 0 Å². The van der Waals surface area contributed by atoms with Gasteiger partial charge in [0.15, 0.2) is 0 Å². The highest BCUT2D eigenvalue weighted by atomic mass is 35.5. The molecule has 0 bridgehead atoms. The number of sulfonamides is 1. The Morgan fingerprint density at radius 1 is 0.850 bits per heavy atom. The van der Waals surface area contributed by atoms with Crippen LogP contribution in [0.25, 0.3) is 0 Å². The molecular weight excluding hydrogens is 593 g/mol. The molecule has 7 nitrogen and oxygen atoms in total. The molecule has 0 heterocycles. The number of hydrogen-bond acceptors (Lipinski definition) is 4. The van der Waals surface area contributed by atoms with Gasteiger partial charge in [0.2, 0.25) is 21.8 Å². The zero-order valence-electron chi connectivity index (χ0n) is 22.7. The number of nitrogens with one attached hydrogen (secondary N) is 1. The van der Waals surface area contributed by atoms with Crippen LogP contribution < -0.4 is 9.62 Å². The van der Waals surface area contributed by atoms with E-state index in [2.05, 4.69) is 5.32 Å². The van der Waals surface area contributed by atoms with Gasteiger partial charge in [0.05, 0.1) is 11.9 Å². The lowest BCUT2D eigenvalue weighted by atomic mass is 10.0. The van der Waals surface area contributed by atoms with Gasteiger partial charge < -0.3 is 10.2 Å². The van der Waals surface area contributed by atoms with Crippen LogP contribution in [0.15, 0.2) is 72.8 Å². The fourth-order valence-corrected chi connectivity index (χ4v) is 5.56. The summed E-state index contributed by atoms with van der Waals surface area (Å²) in [6.07, 6.45) is 1.20. The van der Waals surface area contributed by atoms with E-state index >= 15 is 0 Å². The quantitative estimate of drug-likeness (QED) is 0.301. The maximum absolute atomic E-state index is 14.1. The number of halogens is 3. The molecule has 0 spiro atoms. The Kier molecular flexibility index (Phi) is 10.5. The first-order valence-corrected chi connectivity index (χ1v) is 15.4. The highest BCUT2D eigenvalue weighted by Gasteiger charge is 2.34. The van der Waals surface area contributed by atoms with Crippen LogP contribution in [-0.2, 0) is 32.6 Å². The molecule has 40 heavy (non-hydrogen) atoms. The number of nitrogens with zero attached hydrogens (tertiary/aromatic N) is 2. The molecule has 3 aromatic carbocycles. The second-order valence-corrected chi connectivity index (χ2v) is 13.7. The molecule has 0 saturated carbocycles. The van der Waals surface area contributed by atoms with Gasteiger partial charge in [0.1, 0.15) is 12.6 Å². The number of carbonyl (C=O) groups excluding carboxylic acids is 2. The Hall–Kier alpha value is -2.78. The lowest BCUT2D eigenvalue weighted by molar-refractivity contribution is -0.140. The molecule has 3 rings (SSSR count). The van der Waals surface area contributed by atoms with Crippen LogP contribution in [0.3, 0.4) is 0 Å². The Morgan fingerprint density at radius 2 is 1.43 bits per heavy atom. The Morgan fingerprint density at radius 3 is 1.95 bits per heavy atom. The third kappa shape index (κ3) is 9.41. The van der Waals surface area contributed by atoms with Gasteiger partial charge >= 0.3 is 0 Å². The molecule has 214 valence electrons. The first kappa shape index (κ1) is 31.7. The van der Waals surface area contributed by atoms with Crippen LogP contribution in [0.1, 0.15) is 31.9 Å². The Bertz CT molecular complexity index is 1420. The molecule has 0 aliphatic carbocycles. The second-order valence-electron chi connectivity index (χ2n) is 10.5. The summed E-state index contributed by atoms with van der Waals surface area (Å²) in [6, 6.07) is 19.6. The molecule has 2 amide bonds. The zero-order valence-corrected chi connectivity index (χ0v) is 25.8. The van der Waals surface area contributed by atoms with Gasteiger partial charge in [-0.25, -0.2) is 8.42 Å². The highest BCUT2D eigenvalue weighted by Crippen LogP contribution is 2.28. The SMILES string of the molecule is CC(C)(C)NC(=O)[C@@H](Cc1ccccc1)N(Cc1ccc(Cl)cc1)C(=O)CN(c1cc(Cl)cc(Cl)c1)S(C)(=O)=O. The van der Waals surface area contributed by atoms with Crippen LogP contribution >= 0.6 is 34.8 Å². The first-order valence-electron chi connectivity index (χ1n) is 12.5. The van der Waals surface area contributed by atoms with Crippen LogP contribution in [0.5, 0.6) is 0 Å². The predicted octanol–water partition coefficient (Wildman–Crippen LogP) is 5.97. The number of carbonyl (C=O) groups is 2. The van der Waals surface area contributed by atoms with Crippen molar-refractivity contribution in [2.45, 2.75) is 45.3 Å². The van der Waals surface area contributed by atoms with Crippen molar-refractivity contribution >= 4 is 62.3 Å². The number of rotatable bonds is 10. The van der Waals surface area contributed by atoms with Crippen molar-refractivity contribution in [2.75, 3.05) is 17.1 Å². The van der Waals surface area contributed by atoms with Crippen molar-refractivity contribution in [3.63, 3.8) is 0 Å². The third-order valence-electron chi connectivity index (χ3n) is 5.85. The fourth-order valence-electron chi connectivity index (χ4n) is 4.09. The van der Waals surface area contributed by atoms with E-state index in [1.165, 1.54) is 23.1 Å². The molecule has 3 aromatic rings. The van der Waals surface area contributed by atoms with Gasteiger partial charge in [-0.3, -0.25) is 13.9 Å². The summed E-state index contributed by atoms with van der Waals surface area (Å²) in [7, 11) is -3.94. The van der Waals surface area contributed by atoms with E-state index in [-0.39, 0.29) is 34.6 Å². The molecule has 0 aliphatic rings. The van der Waals surface area contributed by atoms with E-state index in [0.29, 0.717) is 5.02 Å². The molecule has 0 aromatic heterocycles. The highest BCUT2D eigenvalue weighted by molar-refractivity contribution is 7.92. The summed E-state index contributed by atoms with van der Waals surface area (Å²) in [5.41, 5.74) is 1.12. The number of hydrogen-bond donors (Lipinski definition) is 1. The van der Waals surface area contributed by atoms with E-state index in [1.54, 1.807) is 24.3 Å². The molecule has 0 fully saturated rings. The van der Waals surface area contributed by atoms with E-state index in [4.69, 9.17) is 34.8 Å². The van der Waals surface area contributed by atoms with Gasteiger partial charge in [-0.05, 0) is 62.2 Å². The molecule has 0 unspecified atom stereocenters. The molecule has 0 radical (unpaired) electrons. The van der Waals surface area contributed by atoms with Gasteiger partial charge in [0, 0.05) is 33.6 Å². The standard InChI is InChI=1S/C29H32Cl3N3O4S/c1-29(2,3)33-28(37)26(14-20-8-6-5-7-9-20)34(18-21-10-12-22(30)13-11-21)27(36)19-35(40(4,38)39)25-16-23(31)15-24(32)17-25/h5-13,15-17,26H,14,18-19H2,1-4H3,(H,33,37)/t26-/m1/s1. The first-order chi connectivity index (χ1) is 18.6. The largest absolute Gasteiger partial charge is 0.350 e. The summed E-state index contributed by atoms with van der Waals surface area (Å²) >= 11 is 18.4. The normalized spacial score (nSPS) is 12.5. The van der Waals surface area contributed by atoms with Gasteiger partial charge in [0.25, 0.3) is 0 Å². The van der Waals surface area contributed by atoms with E-state index in [1.807, 2.05) is 51.1 Å². The van der Waals surface area contributed by atoms with Gasteiger partial charge in [-0.1, -0.05) is 77.3 Å². The van der Waals surface area contributed by atoms with Crippen LogP contribution in [0.2, 0.25) is 15.1 Å². The molecule has 11 heteroatoms. The summed E-state index contributed by atoms with van der Waals surface area (Å²) in [5.74, 6) is -0.947. The van der Waals surface area contributed by atoms with Crippen molar-refractivity contribution < 1.29 is 18.0 Å². The molecule has 0 aliphatic heterocycles. The third-order valence-corrected chi connectivity index (χ3v) is 7.68. The lowest BCUT2D eigenvalue weighted by Crippen LogP contribution is -2.56. The minimum atomic E-state index is -3.94. The number of amides is 2. The summed E-state index contributed by atoms with van der Waals surface area (Å²) in [4.78, 5) is 29.2. The number of anilines is 1. The molecule has 1 N–H and O–H groups in total. The topological polar surface area (TPSA) is 86.8 Å². The minimum absolute atomic E-state index is 0.0406. The summed E-state index contributed by atoms with van der Waals surface area (Å²) in [6.45, 7) is 5.02. The average molecular weight is 625 g/mol. The summed E-state index contributed by atoms with van der Waals surface area (Å²) in [5, 5.41) is 3.93. The van der Waals surface area contributed by atoms with E-state index < -0.39 is 34.1 Å². The van der Waals surface area contributed by atoms with Crippen LogP contribution in [-0.4, -0.2) is 49.5 Å². The zero-order chi connectivity index (χ0) is 29.7. The van der Waals surface area contributed by atoms with E-state index in [9.17, 15) is 18.0 Å². The van der Waals surface area contributed by atoms with Crippen LogP contribution in [0.4, 0.5) is 5.69 Å². The smallest absolute Gasteiger partial charge is 0.244 e. The van der Waals surface area contributed by atoms with Crippen molar-refractivity contribution in [1.29, 1.82) is 0 Å².